The van der Waals surface area contributed by atoms with Gasteiger partial charge in [-0.2, -0.15) is 0 Å². The summed E-state index contributed by atoms with van der Waals surface area (Å²) < 4.78 is 10.6. The summed E-state index contributed by atoms with van der Waals surface area (Å²) in [4.78, 5) is 22.5. The Kier molecular flexibility index (Phi) is 3.08. The minimum Gasteiger partial charge on any atom is -0.497 e. The highest BCUT2D eigenvalue weighted by molar-refractivity contribution is 5.91. The van der Waals surface area contributed by atoms with E-state index < -0.39 is 0 Å². The van der Waals surface area contributed by atoms with Gasteiger partial charge < -0.3 is 19.5 Å². The molecule has 0 radical (unpaired) electrons. The van der Waals surface area contributed by atoms with E-state index in [2.05, 4.69) is 20.3 Å². The van der Waals surface area contributed by atoms with Crippen LogP contribution in [0.15, 0.2) is 35.1 Å². The molecular weight excluding hydrogens is 260 g/mol. The number of methoxy groups -OCH3 is 1. The van der Waals surface area contributed by atoms with Crippen LogP contribution in [-0.4, -0.2) is 28.0 Å². The fraction of sp³-hybridized carbons (Fsp3) is 0.154. The fourth-order valence-corrected chi connectivity index (χ4v) is 1.79. The van der Waals surface area contributed by atoms with Crippen LogP contribution in [0, 0.1) is 0 Å². The van der Waals surface area contributed by atoms with Crippen LogP contribution in [0.25, 0.3) is 11.1 Å². The lowest BCUT2D eigenvalue weighted by Crippen LogP contribution is -2.23. The number of H-pyrrole nitrogens is 1. The molecule has 2 aromatic heterocycles. The first-order valence-corrected chi connectivity index (χ1v) is 5.96. The molecule has 7 nitrogen and oxygen atoms in total. The van der Waals surface area contributed by atoms with Crippen LogP contribution in [0.4, 0.5) is 0 Å². The number of carbonyl (C=O) groups is 1. The van der Waals surface area contributed by atoms with Crippen LogP contribution in [0.2, 0.25) is 0 Å². The van der Waals surface area contributed by atoms with E-state index in [4.69, 9.17) is 9.15 Å². The monoisotopic (exact) mass is 272 g/mol. The van der Waals surface area contributed by atoms with Crippen molar-refractivity contribution in [2.45, 2.75) is 6.54 Å². The molecule has 2 heterocycles. The second-order valence-corrected chi connectivity index (χ2v) is 4.09. The van der Waals surface area contributed by atoms with Crippen LogP contribution in [0.1, 0.15) is 16.4 Å². The zero-order chi connectivity index (χ0) is 13.9. The zero-order valence-electron chi connectivity index (χ0n) is 10.7. The van der Waals surface area contributed by atoms with Crippen molar-refractivity contribution in [3.63, 3.8) is 0 Å². The Morgan fingerprint density at radius 3 is 3.15 bits per heavy atom. The summed E-state index contributed by atoms with van der Waals surface area (Å²) in [6, 6.07) is 5.35. The van der Waals surface area contributed by atoms with Crippen molar-refractivity contribution in [1.82, 2.24) is 20.3 Å². The number of imidazole rings is 1. The maximum absolute atomic E-state index is 11.7. The second-order valence-electron chi connectivity index (χ2n) is 4.09. The highest BCUT2D eigenvalue weighted by atomic mass is 16.5. The molecular formula is C13H12N4O3. The van der Waals surface area contributed by atoms with E-state index in [0.717, 1.165) is 0 Å². The number of amides is 1. The molecule has 0 aliphatic carbocycles. The lowest BCUT2D eigenvalue weighted by molar-refractivity contribution is 0.0943. The van der Waals surface area contributed by atoms with Gasteiger partial charge in [0, 0.05) is 6.07 Å². The van der Waals surface area contributed by atoms with E-state index in [0.29, 0.717) is 28.4 Å². The summed E-state index contributed by atoms with van der Waals surface area (Å²) in [7, 11) is 1.59. The summed E-state index contributed by atoms with van der Waals surface area (Å²) in [5, 5.41) is 2.69. The number of carbonyl (C=O) groups excluding carboxylic acids is 1. The fourth-order valence-electron chi connectivity index (χ4n) is 1.79. The third-order valence-corrected chi connectivity index (χ3v) is 2.78. The van der Waals surface area contributed by atoms with E-state index in [1.54, 1.807) is 25.3 Å². The summed E-state index contributed by atoms with van der Waals surface area (Å²) in [6.07, 6.45) is 2.90. The van der Waals surface area contributed by atoms with Gasteiger partial charge in [-0.1, -0.05) is 0 Å². The summed E-state index contributed by atoms with van der Waals surface area (Å²) in [6.45, 7) is 0.203. The highest BCUT2D eigenvalue weighted by Gasteiger charge is 2.10. The third-order valence-electron chi connectivity index (χ3n) is 2.78. The maximum Gasteiger partial charge on any atom is 0.269 e. The zero-order valence-corrected chi connectivity index (χ0v) is 10.7. The van der Waals surface area contributed by atoms with Crippen molar-refractivity contribution < 1.29 is 13.9 Å². The Morgan fingerprint density at radius 2 is 2.40 bits per heavy atom. The minimum atomic E-state index is -0.262. The van der Waals surface area contributed by atoms with E-state index in [1.807, 2.05) is 0 Å². The van der Waals surface area contributed by atoms with Gasteiger partial charge in [0.05, 0.1) is 26.2 Å². The van der Waals surface area contributed by atoms with Crippen molar-refractivity contribution in [2.75, 3.05) is 7.11 Å². The number of hydrogen-bond acceptors (Lipinski definition) is 5. The standard InChI is InChI=1S/C13H12N4O3/c1-19-8-2-3-11-9(4-8)17-12(20-11)6-15-13(18)10-5-14-7-16-10/h2-5,7H,6H2,1H3,(H,14,16)(H,15,18). The Bertz CT molecular complexity index is 733. The van der Waals surface area contributed by atoms with Gasteiger partial charge in [-0.05, 0) is 12.1 Å². The van der Waals surface area contributed by atoms with E-state index in [9.17, 15) is 4.79 Å². The topological polar surface area (TPSA) is 93.0 Å². The summed E-state index contributed by atoms with van der Waals surface area (Å²) >= 11 is 0. The molecule has 0 unspecified atom stereocenters. The van der Waals surface area contributed by atoms with E-state index >= 15 is 0 Å². The molecule has 1 aromatic carbocycles. The largest absolute Gasteiger partial charge is 0.497 e. The number of fused-ring (bicyclic) bond motifs is 1. The Morgan fingerprint density at radius 1 is 1.50 bits per heavy atom. The average Bonchev–Trinajstić information content (AvgIpc) is 3.12. The first-order chi connectivity index (χ1) is 9.76. The normalized spacial score (nSPS) is 10.7. The smallest absolute Gasteiger partial charge is 0.269 e. The van der Waals surface area contributed by atoms with Crippen molar-refractivity contribution in [2.24, 2.45) is 0 Å². The number of aromatic nitrogens is 3. The number of ether oxygens (including phenoxy) is 1. The number of benzene rings is 1. The van der Waals surface area contributed by atoms with Crippen LogP contribution in [-0.2, 0) is 6.54 Å². The number of oxazole rings is 1. The van der Waals surface area contributed by atoms with Crippen LogP contribution in [0.3, 0.4) is 0 Å². The molecule has 7 heteroatoms. The Hall–Kier alpha value is -2.83. The van der Waals surface area contributed by atoms with Gasteiger partial charge in [0.1, 0.15) is 17.0 Å². The van der Waals surface area contributed by atoms with Crippen LogP contribution >= 0.6 is 0 Å². The molecule has 0 spiro atoms. The molecule has 3 rings (SSSR count). The molecule has 0 atom stereocenters. The van der Waals surface area contributed by atoms with Crippen LogP contribution in [0.5, 0.6) is 5.75 Å². The quantitative estimate of drug-likeness (QED) is 0.750. The van der Waals surface area contributed by atoms with E-state index in [1.165, 1.54) is 12.5 Å². The number of nitrogens with one attached hydrogen (secondary N) is 2. The Labute approximate surface area is 114 Å². The first-order valence-electron chi connectivity index (χ1n) is 5.96. The maximum atomic E-state index is 11.7. The molecule has 20 heavy (non-hydrogen) atoms. The Balaban J connectivity index is 1.73. The van der Waals surface area contributed by atoms with Crippen molar-refractivity contribution in [1.29, 1.82) is 0 Å². The highest BCUT2D eigenvalue weighted by Crippen LogP contribution is 2.21. The van der Waals surface area contributed by atoms with Gasteiger partial charge in [-0.15, -0.1) is 0 Å². The molecule has 1 amide bonds. The molecule has 0 saturated carbocycles. The summed E-state index contributed by atoms with van der Waals surface area (Å²) in [5.41, 5.74) is 1.73. The SMILES string of the molecule is COc1ccc2oc(CNC(=O)c3cnc[nH]3)nc2c1. The molecule has 0 fully saturated rings. The lowest BCUT2D eigenvalue weighted by Gasteiger charge is -1.98. The molecule has 0 aliphatic rings. The molecule has 0 aliphatic heterocycles. The molecule has 3 aromatic rings. The molecule has 0 saturated heterocycles. The predicted molar refractivity (Wildman–Crippen MR) is 70.3 cm³/mol. The second kappa shape index (κ2) is 5.04. The minimum absolute atomic E-state index is 0.203. The van der Waals surface area contributed by atoms with Gasteiger partial charge in [-0.25, -0.2) is 9.97 Å². The van der Waals surface area contributed by atoms with Gasteiger partial charge in [0.2, 0.25) is 5.89 Å². The predicted octanol–water partition coefficient (Wildman–Crippen LogP) is 1.49. The van der Waals surface area contributed by atoms with Gasteiger partial charge >= 0.3 is 0 Å². The van der Waals surface area contributed by atoms with Gasteiger partial charge in [0.25, 0.3) is 5.91 Å². The first kappa shape index (κ1) is 12.2. The molecule has 0 bridgehead atoms. The van der Waals surface area contributed by atoms with E-state index in [-0.39, 0.29) is 12.5 Å². The average molecular weight is 272 g/mol. The number of rotatable bonds is 4. The summed E-state index contributed by atoms with van der Waals surface area (Å²) in [5.74, 6) is 0.877. The van der Waals surface area contributed by atoms with Crippen molar-refractivity contribution in [3.05, 3.63) is 42.3 Å². The van der Waals surface area contributed by atoms with Crippen molar-refractivity contribution >= 4 is 17.0 Å². The van der Waals surface area contributed by atoms with Crippen LogP contribution < -0.4 is 10.1 Å². The number of aromatic amines is 1. The third kappa shape index (κ3) is 2.33. The molecule has 2 N–H and O–H groups in total. The lowest BCUT2D eigenvalue weighted by atomic mass is 10.3. The van der Waals surface area contributed by atoms with Gasteiger partial charge in [0.15, 0.2) is 5.58 Å². The number of nitrogens with zero attached hydrogens (tertiary/aromatic N) is 2. The number of hydrogen-bond donors (Lipinski definition) is 2. The molecule has 102 valence electrons. The van der Waals surface area contributed by atoms with Crippen molar-refractivity contribution in [3.8, 4) is 5.75 Å². The van der Waals surface area contributed by atoms with Gasteiger partial charge in [-0.3, -0.25) is 4.79 Å².